The molecule has 7 nitrogen and oxygen atoms in total. The SMILES string of the molecule is CC1C[C@H]2[C@@H]3C[C@H](C)C4=CC(=O)C=C[C@]4(C)[C@@]3(F)C(O)C[C@]2(C)[C@@]1(OC(=O)O[C@@H]1CCCC[C@@H]1C)C(=O)O. The number of halogens is 1. The Hall–Kier alpha value is -2.22. The van der Waals surface area contributed by atoms with Crippen LogP contribution in [0.2, 0.25) is 0 Å². The van der Waals surface area contributed by atoms with E-state index in [1.54, 1.807) is 26.8 Å². The number of rotatable bonds is 3. The number of ketones is 1. The van der Waals surface area contributed by atoms with Gasteiger partial charge in [-0.05, 0) is 75.4 Å². The Morgan fingerprint density at radius 2 is 1.76 bits per heavy atom. The number of allylic oxidation sites excluding steroid dienone is 4. The minimum Gasteiger partial charge on any atom is -0.478 e. The zero-order valence-corrected chi connectivity index (χ0v) is 23.0. The maximum atomic E-state index is 17.5. The number of fused-ring (bicyclic) bond motifs is 5. The average Bonchev–Trinajstić information content (AvgIpc) is 3.06. The molecule has 0 saturated heterocycles. The lowest BCUT2D eigenvalue weighted by Crippen LogP contribution is -2.70. The molecule has 5 aliphatic rings. The van der Waals surface area contributed by atoms with Gasteiger partial charge in [0.2, 0.25) is 5.60 Å². The molecular formula is C30H41FO7. The molecule has 0 aliphatic heterocycles. The van der Waals surface area contributed by atoms with Crippen molar-refractivity contribution in [3.63, 3.8) is 0 Å². The fraction of sp³-hybridized carbons (Fsp3) is 0.767. The second kappa shape index (κ2) is 8.90. The lowest BCUT2D eigenvalue weighted by molar-refractivity contribution is -0.231. The molecule has 4 saturated carbocycles. The van der Waals surface area contributed by atoms with E-state index in [1.165, 1.54) is 12.2 Å². The highest BCUT2D eigenvalue weighted by atomic mass is 19.1. The van der Waals surface area contributed by atoms with Crippen molar-refractivity contribution in [1.29, 1.82) is 0 Å². The smallest absolute Gasteiger partial charge is 0.478 e. The van der Waals surface area contributed by atoms with Gasteiger partial charge in [-0.3, -0.25) is 4.79 Å². The Morgan fingerprint density at radius 3 is 2.42 bits per heavy atom. The molecule has 0 aromatic carbocycles. The summed E-state index contributed by atoms with van der Waals surface area (Å²) >= 11 is 0. The quantitative estimate of drug-likeness (QED) is 0.468. The molecule has 2 N–H and O–H groups in total. The Morgan fingerprint density at radius 1 is 1.08 bits per heavy atom. The van der Waals surface area contributed by atoms with Crippen LogP contribution in [0.15, 0.2) is 23.8 Å². The molecule has 5 aliphatic carbocycles. The molecule has 0 heterocycles. The third kappa shape index (κ3) is 3.44. The molecule has 0 radical (unpaired) electrons. The molecule has 2 unspecified atom stereocenters. The van der Waals surface area contributed by atoms with E-state index in [0.29, 0.717) is 24.8 Å². The molecular weight excluding hydrogens is 491 g/mol. The summed E-state index contributed by atoms with van der Waals surface area (Å²) in [4.78, 5) is 38.4. The number of carboxylic acids is 1. The van der Waals surface area contributed by atoms with Gasteiger partial charge in [0.15, 0.2) is 11.5 Å². The summed E-state index contributed by atoms with van der Waals surface area (Å²) in [5.74, 6) is -3.23. The summed E-state index contributed by atoms with van der Waals surface area (Å²) < 4.78 is 29.0. The summed E-state index contributed by atoms with van der Waals surface area (Å²) in [6.07, 6.45) is 5.73. The van der Waals surface area contributed by atoms with E-state index in [2.05, 4.69) is 0 Å². The summed E-state index contributed by atoms with van der Waals surface area (Å²) in [5, 5.41) is 22.2. The topological polar surface area (TPSA) is 110 Å². The van der Waals surface area contributed by atoms with Crippen LogP contribution in [0.1, 0.15) is 79.6 Å². The second-order valence-electron chi connectivity index (χ2n) is 13.2. The monoisotopic (exact) mass is 532 g/mol. The summed E-state index contributed by atoms with van der Waals surface area (Å²) in [6.45, 7) is 9.17. The van der Waals surface area contributed by atoms with E-state index in [9.17, 15) is 24.6 Å². The van der Waals surface area contributed by atoms with E-state index >= 15 is 4.39 Å². The molecule has 0 amide bonds. The van der Waals surface area contributed by atoms with Gasteiger partial charge in [0, 0.05) is 22.7 Å². The van der Waals surface area contributed by atoms with Crippen molar-refractivity contribution in [2.75, 3.05) is 0 Å². The normalized spacial score (nSPS) is 49.8. The van der Waals surface area contributed by atoms with Gasteiger partial charge in [0.1, 0.15) is 6.10 Å². The number of hydrogen-bond acceptors (Lipinski definition) is 6. The van der Waals surface area contributed by atoms with Crippen molar-refractivity contribution in [1.82, 2.24) is 0 Å². The number of alkyl halides is 1. The highest BCUT2D eigenvalue weighted by Gasteiger charge is 2.78. The van der Waals surface area contributed by atoms with Crippen LogP contribution in [0.3, 0.4) is 0 Å². The number of aliphatic carboxylic acids is 1. The number of aliphatic hydroxyl groups excluding tert-OH is 1. The fourth-order valence-electron chi connectivity index (χ4n) is 9.37. The van der Waals surface area contributed by atoms with E-state index in [4.69, 9.17) is 9.47 Å². The van der Waals surface area contributed by atoms with Gasteiger partial charge in [0.05, 0.1) is 6.10 Å². The minimum atomic E-state index is -2.10. The van der Waals surface area contributed by atoms with Gasteiger partial charge < -0.3 is 19.7 Å². The number of carbonyl (C=O) groups is 3. The Bertz CT molecular complexity index is 1100. The van der Waals surface area contributed by atoms with Crippen LogP contribution >= 0.6 is 0 Å². The van der Waals surface area contributed by atoms with Crippen molar-refractivity contribution in [3.8, 4) is 0 Å². The van der Waals surface area contributed by atoms with Crippen LogP contribution in [0, 0.1) is 40.4 Å². The number of carbonyl (C=O) groups excluding carboxylic acids is 2. The predicted octanol–water partition coefficient (Wildman–Crippen LogP) is 5.40. The number of carboxylic acid groups (broad SMARTS) is 1. The van der Waals surface area contributed by atoms with Crippen molar-refractivity contribution < 1.29 is 38.5 Å². The van der Waals surface area contributed by atoms with Gasteiger partial charge >= 0.3 is 12.1 Å². The first-order valence-corrected chi connectivity index (χ1v) is 14.2. The van der Waals surface area contributed by atoms with Gasteiger partial charge in [-0.25, -0.2) is 14.0 Å². The zero-order valence-electron chi connectivity index (χ0n) is 23.0. The Balaban J connectivity index is 1.52. The molecule has 0 aromatic heterocycles. The number of aliphatic hydroxyl groups is 1. The molecule has 5 rings (SSSR count). The molecule has 8 heteroatoms. The standard InChI is InChI=1S/C30H41FO7/c1-16-8-6-7-9-23(16)37-26(36)38-30(25(34)35)18(3)13-21-22-12-17(2)20-14-19(32)10-11-27(20,4)29(22,31)24(33)15-28(21,30)5/h10-11,14,16-18,21-24,33H,6-9,12-13,15H2,1-5H3,(H,34,35)/t16-,17-,18?,21-,22-,23+,24?,27-,28-,29-,30-/m0/s1. The predicted molar refractivity (Wildman–Crippen MR) is 137 cm³/mol. The van der Waals surface area contributed by atoms with Gasteiger partial charge in [-0.1, -0.05) is 45.8 Å². The molecule has 11 atom stereocenters. The third-order valence-electron chi connectivity index (χ3n) is 11.4. The highest BCUT2D eigenvalue weighted by molar-refractivity contribution is 6.01. The van der Waals surface area contributed by atoms with Crippen molar-refractivity contribution in [2.24, 2.45) is 40.4 Å². The van der Waals surface area contributed by atoms with Crippen molar-refractivity contribution in [2.45, 2.75) is 103 Å². The lowest BCUT2D eigenvalue weighted by Gasteiger charge is -2.63. The largest absolute Gasteiger partial charge is 0.509 e. The minimum absolute atomic E-state index is 0.133. The van der Waals surface area contributed by atoms with Gasteiger partial charge in [-0.15, -0.1) is 0 Å². The second-order valence-corrected chi connectivity index (χ2v) is 13.2. The average molecular weight is 533 g/mol. The first-order chi connectivity index (χ1) is 17.7. The molecule has 210 valence electrons. The molecule has 0 spiro atoms. The van der Waals surface area contributed by atoms with Crippen LogP contribution in [0.4, 0.5) is 9.18 Å². The van der Waals surface area contributed by atoms with E-state index in [-0.39, 0.29) is 30.1 Å². The van der Waals surface area contributed by atoms with Crippen LogP contribution in [0.5, 0.6) is 0 Å². The van der Waals surface area contributed by atoms with Crippen LogP contribution < -0.4 is 0 Å². The molecule has 0 aromatic rings. The lowest BCUT2D eigenvalue weighted by atomic mass is 9.43. The van der Waals surface area contributed by atoms with Crippen molar-refractivity contribution >= 4 is 17.9 Å². The highest BCUT2D eigenvalue weighted by Crippen LogP contribution is 2.72. The Labute approximate surface area is 223 Å². The maximum Gasteiger partial charge on any atom is 0.509 e. The van der Waals surface area contributed by atoms with E-state index in [0.717, 1.165) is 19.3 Å². The van der Waals surface area contributed by atoms with E-state index < -0.39 is 58.1 Å². The van der Waals surface area contributed by atoms with E-state index in [1.807, 2.05) is 13.8 Å². The van der Waals surface area contributed by atoms with Gasteiger partial charge in [0.25, 0.3) is 0 Å². The maximum absolute atomic E-state index is 17.5. The number of hydrogen-bond donors (Lipinski definition) is 2. The summed E-state index contributed by atoms with van der Waals surface area (Å²) in [7, 11) is 0. The van der Waals surface area contributed by atoms with Crippen LogP contribution in [0.25, 0.3) is 0 Å². The Kier molecular flexibility index (Phi) is 6.41. The first-order valence-electron chi connectivity index (χ1n) is 14.2. The summed E-state index contributed by atoms with van der Waals surface area (Å²) in [6, 6.07) is 0. The van der Waals surface area contributed by atoms with Crippen molar-refractivity contribution in [3.05, 3.63) is 23.8 Å². The van der Waals surface area contributed by atoms with Gasteiger partial charge in [-0.2, -0.15) is 0 Å². The molecule has 0 bridgehead atoms. The first kappa shape index (κ1) is 27.4. The zero-order chi connectivity index (χ0) is 27.8. The summed E-state index contributed by atoms with van der Waals surface area (Å²) in [5.41, 5.74) is -5.81. The third-order valence-corrected chi connectivity index (χ3v) is 11.4. The molecule has 4 fully saturated rings. The fourth-order valence-corrected chi connectivity index (χ4v) is 9.37. The van der Waals surface area contributed by atoms with Crippen LogP contribution in [-0.4, -0.2) is 51.6 Å². The number of ether oxygens (including phenoxy) is 2. The van der Waals surface area contributed by atoms with Crippen LogP contribution in [-0.2, 0) is 19.1 Å². The molecule has 38 heavy (non-hydrogen) atoms.